The minimum atomic E-state index is -3.17. The van der Waals surface area contributed by atoms with Crippen molar-refractivity contribution >= 4 is 5.97 Å². The van der Waals surface area contributed by atoms with Gasteiger partial charge in [0, 0.05) is 6.07 Å². The van der Waals surface area contributed by atoms with E-state index in [2.05, 4.69) is 9.72 Å². The van der Waals surface area contributed by atoms with Gasteiger partial charge in [-0.3, -0.25) is 9.78 Å². The van der Waals surface area contributed by atoms with Crippen molar-refractivity contribution < 1.29 is 27.8 Å². The molecule has 0 bridgehead atoms. The Labute approximate surface area is 82.3 Å². The first-order valence-corrected chi connectivity index (χ1v) is 3.80. The summed E-state index contributed by atoms with van der Waals surface area (Å²) in [5.74, 6) is -2.97. The largest absolute Gasteiger partial charge is 0.481 e. The molecule has 0 aliphatic carbocycles. The van der Waals surface area contributed by atoms with Gasteiger partial charge in [-0.1, -0.05) is 0 Å². The van der Waals surface area contributed by atoms with E-state index in [9.17, 15) is 18.0 Å². The van der Waals surface area contributed by atoms with Gasteiger partial charge in [0.2, 0.25) is 0 Å². The topological polar surface area (TPSA) is 59.4 Å². The van der Waals surface area contributed by atoms with Crippen molar-refractivity contribution in [1.29, 1.82) is 0 Å². The number of rotatable bonds is 4. The van der Waals surface area contributed by atoms with E-state index in [1.165, 1.54) is 0 Å². The lowest BCUT2D eigenvalue weighted by molar-refractivity contribution is -0.136. The second-order valence-electron chi connectivity index (χ2n) is 2.56. The molecule has 82 valence electrons. The molecule has 0 aromatic carbocycles. The predicted octanol–water partition coefficient (Wildman–Crippen LogP) is 1.45. The number of carboxylic acids is 1. The van der Waals surface area contributed by atoms with Crippen molar-refractivity contribution in [2.24, 2.45) is 0 Å². The molecule has 1 aromatic heterocycles. The van der Waals surface area contributed by atoms with E-state index >= 15 is 0 Å². The standard InChI is InChI=1S/C8H6F3NO3/c9-5-3-12-4(2-7(13)14)1-6(5)15-8(10)11/h1,3,8H,2H2,(H,13,14). The molecule has 0 amide bonds. The Hall–Kier alpha value is -1.79. The Morgan fingerprint density at radius 1 is 1.60 bits per heavy atom. The van der Waals surface area contributed by atoms with E-state index in [0.717, 1.165) is 6.07 Å². The quantitative estimate of drug-likeness (QED) is 0.835. The Kier molecular flexibility index (Phi) is 3.48. The lowest BCUT2D eigenvalue weighted by Gasteiger charge is -2.06. The number of pyridine rings is 1. The fourth-order valence-corrected chi connectivity index (χ4v) is 0.899. The zero-order chi connectivity index (χ0) is 11.4. The highest BCUT2D eigenvalue weighted by Gasteiger charge is 2.12. The minimum absolute atomic E-state index is 0.0560. The van der Waals surface area contributed by atoms with Crippen LogP contribution in [0.15, 0.2) is 12.3 Å². The van der Waals surface area contributed by atoms with Crippen LogP contribution in [0.3, 0.4) is 0 Å². The summed E-state index contributed by atoms with van der Waals surface area (Å²) < 4.78 is 40.2. The highest BCUT2D eigenvalue weighted by atomic mass is 19.3. The third-order valence-electron chi connectivity index (χ3n) is 1.43. The van der Waals surface area contributed by atoms with Gasteiger partial charge >= 0.3 is 12.6 Å². The van der Waals surface area contributed by atoms with Crippen molar-refractivity contribution in [3.63, 3.8) is 0 Å². The summed E-state index contributed by atoms with van der Waals surface area (Å²) in [6.07, 6.45) is 0.149. The number of nitrogens with zero attached hydrogens (tertiary/aromatic N) is 1. The summed E-state index contributed by atoms with van der Waals surface area (Å²) in [5, 5.41) is 8.39. The third-order valence-corrected chi connectivity index (χ3v) is 1.43. The van der Waals surface area contributed by atoms with E-state index in [1.807, 2.05) is 0 Å². The molecule has 0 spiro atoms. The van der Waals surface area contributed by atoms with E-state index in [4.69, 9.17) is 5.11 Å². The van der Waals surface area contributed by atoms with Crippen LogP contribution in [0.5, 0.6) is 5.75 Å². The molecule has 4 nitrogen and oxygen atoms in total. The zero-order valence-electron chi connectivity index (χ0n) is 7.28. The third kappa shape index (κ3) is 3.45. The lowest BCUT2D eigenvalue weighted by Crippen LogP contribution is -2.07. The Morgan fingerprint density at radius 2 is 2.27 bits per heavy atom. The van der Waals surface area contributed by atoms with E-state index in [0.29, 0.717) is 6.20 Å². The van der Waals surface area contributed by atoms with Gasteiger partial charge < -0.3 is 9.84 Å². The highest BCUT2D eigenvalue weighted by molar-refractivity contribution is 5.69. The molecule has 15 heavy (non-hydrogen) atoms. The summed E-state index contributed by atoms with van der Waals surface area (Å²) in [6.45, 7) is -3.17. The maximum atomic E-state index is 12.8. The summed E-state index contributed by atoms with van der Waals surface area (Å²) in [5.41, 5.74) is -0.0560. The predicted molar refractivity (Wildman–Crippen MR) is 42.2 cm³/mol. The molecule has 0 saturated carbocycles. The molecule has 0 unspecified atom stereocenters. The van der Waals surface area contributed by atoms with Crippen molar-refractivity contribution in [2.75, 3.05) is 0 Å². The SMILES string of the molecule is O=C(O)Cc1cc(OC(F)F)c(F)cn1. The van der Waals surface area contributed by atoms with Gasteiger partial charge in [-0.15, -0.1) is 0 Å². The van der Waals surface area contributed by atoms with E-state index in [-0.39, 0.29) is 5.69 Å². The van der Waals surface area contributed by atoms with Gasteiger partial charge in [-0.2, -0.15) is 8.78 Å². The zero-order valence-corrected chi connectivity index (χ0v) is 7.28. The Bertz CT molecular complexity index is 370. The molecule has 0 aliphatic rings. The normalized spacial score (nSPS) is 10.4. The second-order valence-corrected chi connectivity index (χ2v) is 2.56. The minimum Gasteiger partial charge on any atom is -0.481 e. The first-order chi connectivity index (χ1) is 6.99. The average Bonchev–Trinajstić information content (AvgIpc) is 2.09. The number of hydrogen-bond donors (Lipinski definition) is 1. The number of aliphatic carboxylic acids is 1. The number of ether oxygens (including phenoxy) is 1. The van der Waals surface area contributed by atoms with Crippen LogP contribution in [0.4, 0.5) is 13.2 Å². The number of carboxylic acid groups (broad SMARTS) is 1. The van der Waals surface area contributed by atoms with Crippen LogP contribution in [0, 0.1) is 5.82 Å². The van der Waals surface area contributed by atoms with Crippen molar-refractivity contribution in [1.82, 2.24) is 4.98 Å². The maximum Gasteiger partial charge on any atom is 0.387 e. The molecule has 0 saturated heterocycles. The summed E-state index contributed by atoms with van der Waals surface area (Å²) in [6, 6.07) is 0.829. The van der Waals surface area contributed by atoms with Crippen LogP contribution in [-0.2, 0) is 11.2 Å². The summed E-state index contributed by atoms with van der Waals surface area (Å²) in [4.78, 5) is 13.7. The molecule has 1 rings (SSSR count). The molecule has 0 atom stereocenters. The molecule has 0 aliphatic heterocycles. The molecule has 0 fully saturated rings. The lowest BCUT2D eigenvalue weighted by atomic mass is 10.2. The molecule has 1 aromatic rings. The monoisotopic (exact) mass is 221 g/mol. The van der Waals surface area contributed by atoms with Crippen LogP contribution in [0.25, 0.3) is 0 Å². The van der Waals surface area contributed by atoms with Crippen molar-refractivity contribution in [3.05, 3.63) is 23.8 Å². The fourth-order valence-electron chi connectivity index (χ4n) is 0.899. The van der Waals surface area contributed by atoms with Gasteiger partial charge in [0.25, 0.3) is 0 Å². The summed E-state index contributed by atoms with van der Waals surface area (Å²) in [7, 11) is 0. The second kappa shape index (κ2) is 4.63. The number of aromatic nitrogens is 1. The van der Waals surface area contributed by atoms with Crippen LogP contribution < -0.4 is 4.74 Å². The smallest absolute Gasteiger partial charge is 0.387 e. The first kappa shape index (κ1) is 11.3. The van der Waals surface area contributed by atoms with Gasteiger partial charge in [0.05, 0.1) is 18.3 Å². The summed E-state index contributed by atoms with van der Waals surface area (Å²) >= 11 is 0. The van der Waals surface area contributed by atoms with E-state index in [1.54, 1.807) is 0 Å². The van der Waals surface area contributed by atoms with Crippen LogP contribution in [-0.4, -0.2) is 22.7 Å². The highest BCUT2D eigenvalue weighted by Crippen LogP contribution is 2.19. The van der Waals surface area contributed by atoms with Gasteiger partial charge in [0.1, 0.15) is 0 Å². The molecule has 1 N–H and O–H groups in total. The van der Waals surface area contributed by atoms with Crippen LogP contribution in [0.2, 0.25) is 0 Å². The molecule has 7 heteroatoms. The molecule has 0 radical (unpaired) electrons. The molecular formula is C8H6F3NO3. The average molecular weight is 221 g/mol. The first-order valence-electron chi connectivity index (χ1n) is 3.80. The van der Waals surface area contributed by atoms with Gasteiger partial charge in [-0.05, 0) is 0 Å². The molecule has 1 heterocycles. The molecular weight excluding hydrogens is 215 g/mol. The number of carbonyl (C=O) groups is 1. The number of halogens is 3. The van der Waals surface area contributed by atoms with E-state index < -0.39 is 30.6 Å². The Balaban J connectivity index is 2.89. The van der Waals surface area contributed by atoms with Crippen LogP contribution >= 0.6 is 0 Å². The Morgan fingerprint density at radius 3 is 2.80 bits per heavy atom. The fraction of sp³-hybridized carbons (Fsp3) is 0.250. The van der Waals surface area contributed by atoms with Gasteiger partial charge in [-0.25, -0.2) is 4.39 Å². The van der Waals surface area contributed by atoms with Crippen molar-refractivity contribution in [3.8, 4) is 5.75 Å². The number of hydrogen-bond acceptors (Lipinski definition) is 3. The van der Waals surface area contributed by atoms with Crippen LogP contribution in [0.1, 0.15) is 5.69 Å². The number of alkyl halides is 2. The van der Waals surface area contributed by atoms with Crippen molar-refractivity contribution in [2.45, 2.75) is 13.0 Å². The maximum absolute atomic E-state index is 12.8. The van der Waals surface area contributed by atoms with Gasteiger partial charge in [0.15, 0.2) is 11.6 Å².